The van der Waals surface area contributed by atoms with Crippen LogP contribution in [0.2, 0.25) is 0 Å². The SMILES string of the molecule is C#CCOc1ccc(/C=N/NC(=O)c2ccc(OCC)c(OC)c2)cc1OC. The van der Waals surface area contributed by atoms with Crippen molar-refractivity contribution in [2.24, 2.45) is 5.10 Å². The lowest BCUT2D eigenvalue weighted by molar-refractivity contribution is 0.0954. The van der Waals surface area contributed by atoms with Crippen molar-refractivity contribution in [3.63, 3.8) is 0 Å². The normalized spacial score (nSPS) is 10.2. The summed E-state index contributed by atoms with van der Waals surface area (Å²) in [6.07, 6.45) is 6.69. The van der Waals surface area contributed by atoms with E-state index in [0.717, 1.165) is 5.56 Å². The Morgan fingerprint density at radius 2 is 1.75 bits per heavy atom. The van der Waals surface area contributed by atoms with Gasteiger partial charge in [0, 0.05) is 5.56 Å². The number of ether oxygens (including phenoxy) is 4. The quantitative estimate of drug-likeness (QED) is 0.410. The number of hydrazone groups is 1. The summed E-state index contributed by atoms with van der Waals surface area (Å²) in [5.41, 5.74) is 3.59. The molecule has 0 saturated carbocycles. The van der Waals surface area contributed by atoms with Gasteiger partial charge in [-0.25, -0.2) is 5.43 Å². The fraction of sp³-hybridized carbons (Fsp3) is 0.238. The molecule has 7 heteroatoms. The predicted molar refractivity (Wildman–Crippen MR) is 107 cm³/mol. The van der Waals surface area contributed by atoms with Crippen LogP contribution in [0.3, 0.4) is 0 Å². The van der Waals surface area contributed by atoms with Gasteiger partial charge < -0.3 is 18.9 Å². The van der Waals surface area contributed by atoms with E-state index in [0.29, 0.717) is 35.2 Å². The Morgan fingerprint density at radius 3 is 2.43 bits per heavy atom. The Bertz CT molecular complexity index is 887. The summed E-state index contributed by atoms with van der Waals surface area (Å²) in [5.74, 6) is 4.12. The molecule has 0 aliphatic heterocycles. The van der Waals surface area contributed by atoms with Crippen molar-refractivity contribution >= 4 is 12.1 Å². The van der Waals surface area contributed by atoms with E-state index in [2.05, 4.69) is 16.4 Å². The summed E-state index contributed by atoms with van der Waals surface area (Å²) in [6.45, 7) is 2.52. The molecule has 0 bridgehead atoms. The van der Waals surface area contributed by atoms with Gasteiger partial charge in [0.2, 0.25) is 0 Å². The number of terminal acetylenes is 1. The molecule has 0 aliphatic rings. The van der Waals surface area contributed by atoms with Crippen LogP contribution in [0.5, 0.6) is 23.0 Å². The molecular formula is C21H22N2O5. The lowest BCUT2D eigenvalue weighted by atomic mass is 10.2. The van der Waals surface area contributed by atoms with Crippen molar-refractivity contribution < 1.29 is 23.7 Å². The van der Waals surface area contributed by atoms with Crippen LogP contribution in [0, 0.1) is 12.3 Å². The zero-order chi connectivity index (χ0) is 20.4. The Hall–Kier alpha value is -3.66. The first-order chi connectivity index (χ1) is 13.6. The highest BCUT2D eigenvalue weighted by Gasteiger charge is 2.10. The number of hydrogen-bond acceptors (Lipinski definition) is 6. The van der Waals surface area contributed by atoms with Crippen LogP contribution in [0.25, 0.3) is 0 Å². The van der Waals surface area contributed by atoms with E-state index in [9.17, 15) is 4.79 Å². The zero-order valence-electron chi connectivity index (χ0n) is 16.0. The first kappa shape index (κ1) is 20.6. The molecule has 1 N–H and O–H groups in total. The molecule has 0 spiro atoms. The number of hydrogen-bond donors (Lipinski definition) is 1. The topological polar surface area (TPSA) is 78.4 Å². The van der Waals surface area contributed by atoms with Gasteiger partial charge in [0.1, 0.15) is 6.61 Å². The standard InChI is InChI=1S/C21H22N2O5/c1-5-11-28-18-9-7-15(12-19(18)25-3)14-22-23-21(24)16-8-10-17(27-6-2)20(13-16)26-4/h1,7-10,12-14H,6,11H2,2-4H3,(H,23,24)/b22-14+. The maximum absolute atomic E-state index is 12.3. The third-order valence-electron chi connectivity index (χ3n) is 3.60. The molecule has 0 heterocycles. The maximum atomic E-state index is 12.3. The molecule has 2 aromatic carbocycles. The molecule has 0 saturated heterocycles. The molecule has 0 unspecified atom stereocenters. The number of rotatable bonds is 9. The number of amides is 1. The molecule has 0 fully saturated rings. The highest BCUT2D eigenvalue weighted by molar-refractivity contribution is 5.95. The summed E-state index contributed by atoms with van der Waals surface area (Å²) in [4.78, 5) is 12.3. The number of carbonyl (C=O) groups excluding carboxylic acids is 1. The highest BCUT2D eigenvalue weighted by atomic mass is 16.5. The third-order valence-corrected chi connectivity index (χ3v) is 3.60. The van der Waals surface area contributed by atoms with E-state index in [1.807, 2.05) is 6.92 Å². The van der Waals surface area contributed by atoms with Crippen molar-refractivity contribution in [1.29, 1.82) is 0 Å². The molecule has 146 valence electrons. The monoisotopic (exact) mass is 382 g/mol. The Labute approximate surface area is 164 Å². The van der Waals surface area contributed by atoms with Gasteiger partial charge in [0.25, 0.3) is 5.91 Å². The third kappa shape index (κ3) is 5.42. The van der Waals surface area contributed by atoms with Crippen LogP contribution in [0.4, 0.5) is 0 Å². The molecular weight excluding hydrogens is 360 g/mol. The van der Waals surface area contributed by atoms with Crippen molar-refractivity contribution in [3.05, 3.63) is 47.5 Å². The molecule has 7 nitrogen and oxygen atoms in total. The summed E-state index contributed by atoms with van der Waals surface area (Å²) in [6, 6.07) is 10.1. The molecule has 1 amide bonds. The van der Waals surface area contributed by atoms with Gasteiger partial charge in [-0.3, -0.25) is 4.79 Å². The first-order valence-corrected chi connectivity index (χ1v) is 8.51. The molecule has 0 radical (unpaired) electrons. The van der Waals surface area contributed by atoms with E-state index in [1.54, 1.807) is 36.4 Å². The van der Waals surface area contributed by atoms with E-state index in [4.69, 9.17) is 25.4 Å². The van der Waals surface area contributed by atoms with Gasteiger partial charge in [-0.05, 0) is 48.9 Å². The first-order valence-electron chi connectivity index (χ1n) is 8.51. The number of benzene rings is 2. The van der Waals surface area contributed by atoms with Crippen molar-refractivity contribution in [2.75, 3.05) is 27.4 Å². The lowest BCUT2D eigenvalue weighted by Crippen LogP contribution is -2.17. The average molecular weight is 382 g/mol. The number of methoxy groups -OCH3 is 2. The second kappa shape index (κ2) is 10.5. The zero-order valence-corrected chi connectivity index (χ0v) is 16.0. The fourth-order valence-corrected chi connectivity index (χ4v) is 2.32. The van der Waals surface area contributed by atoms with Crippen LogP contribution in [0.1, 0.15) is 22.8 Å². The molecule has 0 atom stereocenters. The second-order valence-electron chi connectivity index (χ2n) is 5.40. The number of nitrogens with zero attached hydrogens (tertiary/aromatic N) is 1. The van der Waals surface area contributed by atoms with Gasteiger partial charge in [-0.15, -0.1) is 6.42 Å². The molecule has 2 aromatic rings. The van der Waals surface area contributed by atoms with Gasteiger partial charge in [-0.2, -0.15) is 5.10 Å². The number of nitrogens with one attached hydrogen (secondary N) is 1. The molecule has 0 aliphatic carbocycles. The van der Waals surface area contributed by atoms with Crippen LogP contribution in [0.15, 0.2) is 41.5 Å². The van der Waals surface area contributed by atoms with Crippen LogP contribution in [-0.2, 0) is 0 Å². The summed E-state index contributed by atoms with van der Waals surface area (Å²) in [7, 11) is 3.04. The smallest absolute Gasteiger partial charge is 0.271 e. The van der Waals surface area contributed by atoms with Crippen molar-refractivity contribution in [1.82, 2.24) is 5.43 Å². The van der Waals surface area contributed by atoms with Gasteiger partial charge in [0.05, 0.1) is 27.0 Å². The van der Waals surface area contributed by atoms with Crippen molar-refractivity contribution in [3.8, 4) is 35.3 Å². The van der Waals surface area contributed by atoms with Crippen molar-refractivity contribution in [2.45, 2.75) is 6.92 Å². The molecule has 28 heavy (non-hydrogen) atoms. The molecule has 0 aromatic heterocycles. The van der Waals surface area contributed by atoms with Crippen LogP contribution < -0.4 is 24.4 Å². The minimum absolute atomic E-state index is 0.144. The van der Waals surface area contributed by atoms with E-state index < -0.39 is 0 Å². The Kier molecular flexibility index (Phi) is 7.73. The predicted octanol–water partition coefficient (Wildman–Crippen LogP) is 2.88. The Balaban J connectivity index is 2.06. The minimum Gasteiger partial charge on any atom is -0.493 e. The second-order valence-corrected chi connectivity index (χ2v) is 5.40. The average Bonchev–Trinajstić information content (AvgIpc) is 2.72. The highest BCUT2D eigenvalue weighted by Crippen LogP contribution is 2.28. The van der Waals surface area contributed by atoms with E-state index >= 15 is 0 Å². The van der Waals surface area contributed by atoms with Crippen LogP contribution in [-0.4, -0.2) is 39.6 Å². The minimum atomic E-state index is -0.376. The fourth-order valence-electron chi connectivity index (χ4n) is 2.32. The lowest BCUT2D eigenvalue weighted by Gasteiger charge is -2.10. The summed E-state index contributed by atoms with van der Waals surface area (Å²) >= 11 is 0. The van der Waals surface area contributed by atoms with E-state index in [1.165, 1.54) is 20.4 Å². The molecule has 2 rings (SSSR count). The maximum Gasteiger partial charge on any atom is 0.271 e. The van der Waals surface area contributed by atoms with E-state index in [-0.39, 0.29) is 12.5 Å². The van der Waals surface area contributed by atoms with Gasteiger partial charge >= 0.3 is 0 Å². The van der Waals surface area contributed by atoms with Gasteiger partial charge in [-0.1, -0.05) is 5.92 Å². The number of carbonyl (C=O) groups is 1. The van der Waals surface area contributed by atoms with Crippen LogP contribution >= 0.6 is 0 Å². The largest absolute Gasteiger partial charge is 0.493 e. The Morgan fingerprint density at radius 1 is 1.07 bits per heavy atom. The van der Waals surface area contributed by atoms with Gasteiger partial charge in [0.15, 0.2) is 23.0 Å². The summed E-state index contributed by atoms with van der Waals surface area (Å²) in [5, 5.41) is 3.97. The summed E-state index contributed by atoms with van der Waals surface area (Å²) < 4.78 is 21.3.